The SMILES string of the molecule is O=C(c1nnc2n1CCCCC2)N1C[C@H]2CC[C@@H]1CN(c1cnccn1)C2. The summed E-state index contributed by atoms with van der Waals surface area (Å²) in [6, 6.07) is 0.192. The van der Waals surface area contributed by atoms with Gasteiger partial charge in [-0.15, -0.1) is 10.2 Å². The van der Waals surface area contributed by atoms with Gasteiger partial charge in [0.25, 0.3) is 5.91 Å². The van der Waals surface area contributed by atoms with Crippen LogP contribution in [0.2, 0.25) is 0 Å². The van der Waals surface area contributed by atoms with Gasteiger partial charge in [-0.1, -0.05) is 6.42 Å². The molecule has 0 spiro atoms. The number of aryl methyl sites for hydroxylation is 1. The van der Waals surface area contributed by atoms with E-state index in [0.29, 0.717) is 11.7 Å². The van der Waals surface area contributed by atoms with Gasteiger partial charge in [-0.25, -0.2) is 4.98 Å². The Morgan fingerprint density at radius 1 is 1.04 bits per heavy atom. The van der Waals surface area contributed by atoms with Crippen molar-refractivity contribution in [3.05, 3.63) is 30.2 Å². The third-order valence-corrected chi connectivity index (χ3v) is 6.15. The van der Waals surface area contributed by atoms with E-state index in [1.807, 2.05) is 11.1 Å². The fraction of sp³-hybridized carbons (Fsp3) is 0.632. The average molecular weight is 367 g/mol. The molecule has 6 heterocycles. The molecule has 0 aliphatic carbocycles. The molecular formula is C19H25N7O. The molecule has 2 aromatic heterocycles. The highest BCUT2D eigenvalue weighted by Crippen LogP contribution is 2.31. The smallest absolute Gasteiger partial charge is 0.292 e. The molecular weight excluding hydrogens is 342 g/mol. The van der Waals surface area contributed by atoms with Crippen LogP contribution in [0.4, 0.5) is 5.82 Å². The normalized spacial score (nSPS) is 25.0. The van der Waals surface area contributed by atoms with Gasteiger partial charge in [-0.05, 0) is 31.6 Å². The average Bonchev–Trinajstić information content (AvgIpc) is 2.91. The number of rotatable bonds is 2. The molecule has 1 amide bonds. The van der Waals surface area contributed by atoms with E-state index in [4.69, 9.17) is 0 Å². The van der Waals surface area contributed by atoms with Gasteiger partial charge in [-0.2, -0.15) is 0 Å². The molecule has 4 aliphatic rings. The summed E-state index contributed by atoms with van der Waals surface area (Å²) in [5.74, 6) is 2.91. The molecule has 0 radical (unpaired) electrons. The maximum absolute atomic E-state index is 13.4. The first-order valence-electron chi connectivity index (χ1n) is 10.0. The largest absolute Gasteiger partial charge is 0.353 e. The van der Waals surface area contributed by atoms with Gasteiger partial charge >= 0.3 is 0 Å². The van der Waals surface area contributed by atoms with Crippen molar-refractivity contribution in [3.63, 3.8) is 0 Å². The standard InChI is InChI=1S/C19H25N7O/c27-19(18-23-22-16-4-2-1-3-9-25(16)18)26-12-14-5-6-15(26)13-24(11-14)17-10-20-7-8-21-17/h7-8,10,14-15H,1-6,9,11-13H2/t14-,15+/m0/s1. The second-order valence-corrected chi connectivity index (χ2v) is 7.93. The lowest BCUT2D eigenvalue weighted by atomic mass is 9.95. The van der Waals surface area contributed by atoms with Gasteiger partial charge in [-0.3, -0.25) is 9.78 Å². The quantitative estimate of drug-likeness (QED) is 0.801. The second kappa shape index (κ2) is 6.90. The summed E-state index contributed by atoms with van der Waals surface area (Å²) in [7, 11) is 0. The minimum Gasteiger partial charge on any atom is -0.353 e. The molecule has 0 aromatic carbocycles. The van der Waals surface area contributed by atoms with Crippen LogP contribution in [-0.2, 0) is 13.0 Å². The van der Waals surface area contributed by atoms with Crippen molar-refractivity contribution in [1.82, 2.24) is 29.6 Å². The zero-order valence-electron chi connectivity index (χ0n) is 15.5. The number of aromatic nitrogens is 5. The van der Waals surface area contributed by atoms with Crippen LogP contribution in [0.3, 0.4) is 0 Å². The highest BCUT2D eigenvalue weighted by atomic mass is 16.2. The van der Waals surface area contributed by atoms with E-state index in [9.17, 15) is 4.79 Å². The molecule has 3 saturated heterocycles. The Morgan fingerprint density at radius 2 is 2.00 bits per heavy atom. The Labute approximate surface area is 158 Å². The van der Waals surface area contributed by atoms with Crippen LogP contribution >= 0.6 is 0 Å². The first-order valence-corrected chi connectivity index (χ1v) is 10.0. The Kier molecular flexibility index (Phi) is 4.26. The van der Waals surface area contributed by atoms with Crippen LogP contribution in [0, 0.1) is 5.92 Å². The lowest BCUT2D eigenvalue weighted by Gasteiger charge is -2.35. The summed E-state index contributed by atoms with van der Waals surface area (Å²) in [5.41, 5.74) is 0. The Morgan fingerprint density at radius 3 is 2.89 bits per heavy atom. The van der Waals surface area contributed by atoms with Crippen molar-refractivity contribution in [3.8, 4) is 0 Å². The lowest BCUT2D eigenvalue weighted by Crippen LogP contribution is -2.48. The van der Waals surface area contributed by atoms with E-state index in [0.717, 1.165) is 69.9 Å². The number of piperidine rings is 1. The molecule has 2 bridgehead atoms. The van der Waals surface area contributed by atoms with Crippen molar-refractivity contribution in [2.45, 2.75) is 51.1 Å². The summed E-state index contributed by atoms with van der Waals surface area (Å²) < 4.78 is 2.06. The summed E-state index contributed by atoms with van der Waals surface area (Å²) in [6.07, 6.45) is 11.8. The zero-order valence-corrected chi connectivity index (χ0v) is 15.5. The first kappa shape index (κ1) is 16.6. The third-order valence-electron chi connectivity index (χ3n) is 6.15. The van der Waals surface area contributed by atoms with Crippen LogP contribution in [0.25, 0.3) is 0 Å². The van der Waals surface area contributed by atoms with Gasteiger partial charge in [0.1, 0.15) is 11.6 Å². The minimum atomic E-state index is 0.0475. The Bertz CT molecular complexity index is 821. The summed E-state index contributed by atoms with van der Waals surface area (Å²) in [4.78, 5) is 26.4. The predicted molar refractivity (Wildman–Crippen MR) is 99.4 cm³/mol. The number of carbonyl (C=O) groups excluding carboxylic acids is 1. The summed E-state index contributed by atoms with van der Waals surface area (Å²) >= 11 is 0. The van der Waals surface area contributed by atoms with Gasteiger partial charge in [0.15, 0.2) is 0 Å². The molecule has 2 atom stereocenters. The van der Waals surface area contributed by atoms with E-state index in [1.165, 1.54) is 6.42 Å². The lowest BCUT2D eigenvalue weighted by molar-refractivity contribution is 0.0573. The maximum atomic E-state index is 13.4. The first-order chi connectivity index (χ1) is 13.3. The van der Waals surface area contributed by atoms with Crippen LogP contribution < -0.4 is 4.90 Å². The van der Waals surface area contributed by atoms with E-state index in [1.54, 1.807) is 12.4 Å². The van der Waals surface area contributed by atoms with E-state index >= 15 is 0 Å². The van der Waals surface area contributed by atoms with Crippen molar-refractivity contribution in [2.24, 2.45) is 5.92 Å². The number of fused-ring (bicyclic) bond motifs is 5. The van der Waals surface area contributed by atoms with E-state index in [2.05, 4.69) is 29.6 Å². The van der Waals surface area contributed by atoms with Crippen molar-refractivity contribution in [2.75, 3.05) is 24.5 Å². The van der Waals surface area contributed by atoms with Crippen LogP contribution in [0.1, 0.15) is 48.5 Å². The van der Waals surface area contributed by atoms with Crippen LogP contribution in [0.15, 0.2) is 18.6 Å². The minimum absolute atomic E-state index is 0.0475. The molecule has 0 unspecified atom stereocenters. The Hall–Kier alpha value is -2.51. The number of carbonyl (C=O) groups is 1. The molecule has 0 N–H and O–H groups in total. The van der Waals surface area contributed by atoms with Crippen molar-refractivity contribution in [1.29, 1.82) is 0 Å². The van der Waals surface area contributed by atoms with Crippen LogP contribution in [-0.4, -0.2) is 61.2 Å². The van der Waals surface area contributed by atoms with Gasteiger partial charge in [0, 0.05) is 51.0 Å². The highest BCUT2D eigenvalue weighted by molar-refractivity contribution is 5.91. The summed E-state index contributed by atoms with van der Waals surface area (Å²) in [6.45, 7) is 3.39. The topological polar surface area (TPSA) is 80.0 Å². The van der Waals surface area contributed by atoms with E-state index in [-0.39, 0.29) is 11.9 Å². The number of hydrogen-bond donors (Lipinski definition) is 0. The molecule has 6 rings (SSSR count). The molecule has 8 nitrogen and oxygen atoms in total. The monoisotopic (exact) mass is 367 g/mol. The number of anilines is 1. The number of amides is 1. The highest BCUT2D eigenvalue weighted by Gasteiger charge is 2.39. The predicted octanol–water partition coefficient (Wildman–Crippen LogP) is 1.54. The molecule has 3 fully saturated rings. The molecule has 4 aliphatic heterocycles. The van der Waals surface area contributed by atoms with Gasteiger partial charge in [0.2, 0.25) is 5.82 Å². The van der Waals surface area contributed by atoms with Gasteiger partial charge < -0.3 is 14.4 Å². The summed E-state index contributed by atoms with van der Waals surface area (Å²) in [5, 5.41) is 8.61. The fourth-order valence-corrected chi connectivity index (χ4v) is 4.74. The zero-order chi connectivity index (χ0) is 18.2. The molecule has 2 aromatic rings. The van der Waals surface area contributed by atoms with Crippen molar-refractivity contribution >= 4 is 11.7 Å². The van der Waals surface area contributed by atoms with E-state index < -0.39 is 0 Å². The molecule has 0 saturated carbocycles. The number of hydrogen-bond acceptors (Lipinski definition) is 6. The van der Waals surface area contributed by atoms with Crippen LogP contribution in [0.5, 0.6) is 0 Å². The van der Waals surface area contributed by atoms with Crippen molar-refractivity contribution < 1.29 is 4.79 Å². The maximum Gasteiger partial charge on any atom is 0.292 e. The molecule has 27 heavy (non-hydrogen) atoms. The van der Waals surface area contributed by atoms with Gasteiger partial charge in [0.05, 0.1) is 6.20 Å². The second-order valence-electron chi connectivity index (χ2n) is 7.93. The molecule has 8 heteroatoms. The third kappa shape index (κ3) is 3.07. The number of nitrogens with zero attached hydrogens (tertiary/aromatic N) is 7. The molecule has 142 valence electrons. The Balaban J connectivity index is 1.40. The fourth-order valence-electron chi connectivity index (χ4n) is 4.74.